The lowest BCUT2D eigenvalue weighted by Crippen LogP contribution is -2.57. The van der Waals surface area contributed by atoms with Crippen LogP contribution in [-0.2, 0) is 19.1 Å². The van der Waals surface area contributed by atoms with Gasteiger partial charge in [0.25, 0.3) is 0 Å². The number of guanidine groups is 1. The van der Waals surface area contributed by atoms with Gasteiger partial charge < -0.3 is 27.7 Å². The number of hydrogen-bond acceptors (Lipinski definition) is 10. The molecular formula is C30H40ClN7O5S. The molecule has 12 nitrogen and oxygen atoms in total. The Kier molecular flexibility index (Phi) is 8.51. The number of rotatable bonds is 2. The van der Waals surface area contributed by atoms with Gasteiger partial charge in [0.05, 0.1) is 0 Å². The summed E-state index contributed by atoms with van der Waals surface area (Å²) < 4.78 is 6.06. The Hall–Kier alpha value is -3.19. The standard InChI is InChI=1S/C24H32O4S.C6H8ClN7O/c1-14(25)29-19-13-15-12-16(26)4-8-22(15,2)17-5-9-23(3)18(21(17)19)6-10-24(23)11-7-20(27)28-24;7-2-4(9)13-3(8)1(12-2)5(15)14-6(10)11/h12,17-19,21H,4-11,13H2,1-3H3;(H4,8,9,13)(H4,10,11,14,15)/t17-,18-,19+,21+,22-,23-,24+;/m0./s1. The predicted octanol–water partition coefficient (Wildman–Crippen LogP) is 3.56. The van der Waals surface area contributed by atoms with Gasteiger partial charge in [0.15, 0.2) is 39.3 Å². The van der Waals surface area contributed by atoms with Crippen LogP contribution in [0.2, 0.25) is 5.15 Å². The Morgan fingerprint density at radius 3 is 2.36 bits per heavy atom. The Bertz CT molecular complexity index is 1480. The minimum atomic E-state index is -0.832. The average molecular weight is 646 g/mol. The number of amides is 1. The first-order valence-corrected chi connectivity index (χ1v) is 16.2. The van der Waals surface area contributed by atoms with Crippen molar-refractivity contribution < 1.29 is 23.9 Å². The zero-order chi connectivity index (χ0) is 32.2. The predicted molar refractivity (Wildman–Crippen MR) is 168 cm³/mol. The van der Waals surface area contributed by atoms with E-state index in [4.69, 9.17) is 39.3 Å². The molecule has 1 aromatic heterocycles. The number of carbonyl (C=O) groups excluding carboxylic acids is 4. The number of hydrogen-bond donors (Lipinski definition) is 4. The number of thioether (sulfide) groups is 1. The molecule has 0 aromatic carbocycles. The summed E-state index contributed by atoms with van der Waals surface area (Å²) in [5.74, 6) is 0.170. The number of ketones is 1. The third kappa shape index (κ3) is 5.46. The number of aromatic nitrogens is 2. The van der Waals surface area contributed by atoms with Crippen molar-refractivity contribution in [3.05, 3.63) is 22.5 Å². The molecule has 5 aliphatic rings. The van der Waals surface area contributed by atoms with Crippen LogP contribution in [0.15, 0.2) is 16.6 Å². The maximum atomic E-state index is 12.2. The van der Waals surface area contributed by atoms with Gasteiger partial charge in [-0.1, -0.05) is 42.8 Å². The highest BCUT2D eigenvalue weighted by atomic mass is 35.5. The Balaban J connectivity index is 0.000000217. The summed E-state index contributed by atoms with van der Waals surface area (Å²) in [6.07, 6.45) is 10.0. The molecule has 44 heavy (non-hydrogen) atoms. The van der Waals surface area contributed by atoms with Crippen molar-refractivity contribution in [2.75, 3.05) is 11.5 Å². The number of nitrogen functional groups attached to an aromatic ring is 2. The number of halogens is 1. The highest BCUT2D eigenvalue weighted by Gasteiger charge is 2.68. The van der Waals surface area contributed by atoms with Crippen LogP contribution in [0, 0.1) is 28.6 Å². The smallest absolute Gasteiger partial charge is 0.306 e. The molecule has 2 heterocycles. The van der Waals surface area contributed by atoms with E-state index in [-0.39, 0.29) is 61.0 Å². The second-order valence-corrected chi connectivity index (χ2v) is 14.9. The van der Waals surface area contributed by atoms with Crippen LogP contribution >= 0.6 is 23.4 Å². The molecule has 8 N–H and O–H groups in total. The van der Waals surface area contributed by atoms with Crippen molar-refractivity contribution in [2.45, 2.75) is 89.4 Å². The summed E-state index contributed by atoms with van der Waals surface area (Å²) in [7, 11) is 0. The molecule has 0 bridgehead atoms. The van der Waals surface area contributed by atoms with Gasteiger partial charge in [0.2, 0.25) is 0 Å². The molecule has 1 spiro atoms. The number of fused-ring (bicyclic) bond motifs is 6. The number of allylic oxidation sites excluding steroid dienone is 1. The second kappa shape index (κ2) is 11.6. The van der Waals surface area contributed by atoms with Crippen molar-refractivity contribution in [1.29, 1.82) is 0 Å². The fourth-order valence-electron chi connectivity index (χ4n) is 8.90. The fourth-order valence-corrected chi connectivity index (χ4v) is 10.3. The maximum Gasteiger partial charge on any atom is 0.306 e. The van der Waals surface area contributed by atoms with Crippen molar-refractivity contribution in [3.63, 3.8) is 0 Å². The summed E-state index contributed by atoms with van der Waals surface area (Å²) >= 11 is 7.05. The van der Waals surface area contributed by atoms with E-state index in [1.807, 2.05) is 6.08 Å². The van der Waals surface area contributed by atoms with Crippen LogP contribution < -0.4 is 22.9 Å². The molecule has 1 aliphatic heterocycles. The minimum Gasteiger partial charge on any atom is -0.458 e. The van der Waals surface area contributed by atoms with E-state index in [9.17, 15) is 19.2 Å². The molecule has 6 rings (SSSR count). The molecule has 4 fully saturated rings. The molecule has 7 atom stereocenters. The Labute approximate surface area is 265 Å². The van der Waals surface area contributed by atoms with E-state index < -0.39 is 11.9 Å². The minimum absolute atomic E-state index is 0.0119. The van der Waals surface area contributed by atoms with Gasteiger partial charge in [-0.25, -0.2) is 9.97 Å². The molecule has 1 amide bonds. The molecule has 1 aromatic rings. The van der Waals surface area contributed by atoms with Gasteiger partial charge in [0.1, 0.15) is 5.60 Å². The highest BCUT2D eigenvalue weighted by Crippen LogP contribution is 2.70. The normalized spacial score (nSPS) is 35.3. The zero-order valence-electron chi connectivity index (χ0n) is 25.2. The first-order valence-electron chi connectivity index (χ1n) is 15.0. The van der Waals surface area contributed by atoms with Gasteiger partial charge in [-0.2, -0.15) is 4.99 Å². The Morgan fingerprint density at radius 2 is 1.73 bits per heavy atom. The highest BCUT2D eigenvalue weighted by molar-refractivity contribution is 8.14. The first-order chi connectivity index (χ1) is 20.6. The summed E-state index contributed by atoms with van der Waals surface area (Å²) in [6, 6.07) is 0. The monoisotopic (exact) mass is 645 g/mol. The molecule has 3 saturated carbocycles. The lowest BCUT2D eigenvalue weighted by Gasteiger charge is -2.61. The quantitative estimate of drug-likeness (QED) is 0.206. The SMILES string of the molecule is CC(=O)S[C@@H]1CC2=CC(=O)CC[C@]2(C)[C@H]2CC[C@@]3(C)[C@@H](CC[C@@]34CCC(=O)O4)[C@H]12.NC(N)=NC(=O)c1nc(Cl)c(N)nc1N. The molecular weight excluding hydrogens is 606 g/mol. The largest absolute Gasteiger partial charge is 0.458 e. The Morgan fingerprint density at radius 1 is 1.02 bits per heavy atom. The third-order valence-corrected chi connectivity index (χ3v) is 12.3. The number of esters is 1. The van der Waals surface area contributed by atoms with E-state index in [0.29, 0.717) is 30.6 Å². The number of anilines is 2. The topological polar surface area (TPSA) is 220 Å². The molecule has 0 radical (unpaired) electrons. The van der Waals surface area contributed by atoms with Crippen LogP contribution in [0.5, 0.6) is 0 Å². The summed E-state index contributed by atoms with van der Waals surface area (Å²) in [5, 5.41) is 0.269. The van der Waals surface area contributed by atoms with Crippen LogP contribution in [-0.4, -0.2) is 49.6 Å². The number of carbonyl (C=O) groups is 4. The summed E-state index contributed by atoms with van der Waals surface area (Å²) in [4.78, 5) is 58.2. The van der Waals surface area contributed by atoms with Crippen molar-refractivity contribution in [3.8, 4) is 0 Å². The molecule has 4 aliphatic carbocycles. The van der Waals surface area contributed by atoms with E-state index in [2.05, 4.69) is 28.8 Å². The van der Waals surface area contributed by atoms with Gasteiger partial charge in [-0.15, -0.1) is 0 Å². The van der Waals surface area contributed by atoms with E-state index >= 15 is 0 Å². The lowest BCUT2D eigenvalue weighted by molar-refractivity contribution is -0.167. The average Bonchev–Trinajstić information content (AvgIpc) is 3.46. The van der Waals surface area contributed by atoms with Crippen LogP contribution in [0.1, 0.15) is 89.0 Å². The van der Waals surface area contributed by atoms with Crippen LogP contribution in [0.25, 0.3) is 0 Å². The number of nitrogens with zero attached hydrogens (tertiary/aromatic N) is 3. The van der Waals surface area contributed by atoms with Crippen molar-refractivity contribution in [2.24, 2.45) is 45.0 Å². The van der Waals surface area contributed by atoms with Crippen LogP contribution in [0.3, 0.4) is 0 Å². The fraction of sp³-hybridized carbons (Fsp3) is 0.633. The second-order valence-electron chi connectivity index (χ2n) is 13.1. The van der Waals surface area contributed by atoms with Crippen molar-refractivity contribution in [1.82, 2.24) is 9.97 Å². The van der Waals surface area contributed by atoms with Gasteiger partial charge in [0, 0.05) is 30.4 Å². The third-order valence-electron chi connectivity index (χ3n) is 10.9. The van der Waals surface area contributed by atoms with Gasteiger partial charge in [-0.3, -0.25) is 19.2 Å². The van der Waals surface area contributed by atoms with E-state index in [1.54, 1.807) is 6.92 Å². The zero-order valence-corrected chi connectivity index (χ0v) is 26.8. The van der Waals surface area contributed by atoms with Gasteiger partial charge >= 0.3 is 11.9 Å². The molecule has 0 unspecified atom stereocenters. The van der Waals surface area contributed by atoms with E-state index in [1.165, 1.54) is 17.3 Å². The summed E-state index contributed by atoms with van der Waals surface area (Å²) in [5.41, 5.74) is 21.6. The van der Waals surface area contributed by atoms with Gasteiger partial charge in [-0.05, 0) is 74.2 Å². The first kappa shape index (κ1) is 32.2. The van der Waals surface area contributed by atoms with E-state index in [0.717, 1.165) is 44.9 Å². The number of aliphatic imine (C=N–C) groups is 1. The summed E-state index contributed by atoms with van der Waals surface area (Å²) in [6.45, 7) is 6.42. The number of nitrogens with two attached hydrogens (primary N) is 4. The maximum absolute atomic E-state index is 12.2. The van der Waals surface area contributed by atoms with Crippen LogP contribution in [0.4, 0.5) is 11.6 Å². The molecule has 14 heteroatoms. The number of ether oxygens (including phenoxy) is 1. The molecule has 1 saturated heterocycles. The lowest BCUT2D eigenvalue weighted by atomic mass is 9.46. The van der Waals surface area contributed by atoms with Crippen molar-refractivity contribution >= 4 is 63.7 Å². The molecule has 238 valence electrons.